The number of methoxy groups -OCH3 is 1. The number of alkyl halides is 3. The molecular formula is C26H29F3N6O2. The van der Waals surface area contributed by atoms with Crippen LogP contribution in [0.4, 0.5) is 13.2 Å². The summed E-state index contributed by atoms with van der Waals surface area (Å²) in [6.45, 7) is 4.50. The van der Waals surface area contributed by atoms with Crippen molar-refractivity contribution in [1.29, 1.82) is 0 Å². The number of hydrogen-bond acceptors (Lipinski definition) is 7. The Morgan fingerprint density at radius 2 is 1.92 bits per heavy atom. The molecule has 37 heavy (non-hydrogen) atoms. The summed E-state index contributed by atoms with van der Waals surface area (Å²) < 4.78 is 55.3. The molecule has 1 aliphatic rings. The van der Waals surface area contributed by atoms with Gasteiger partial charge in [-0.25, -0.2) is 4.98 Å². The second-order valence-electron chi connectivity index (χ2n) is 9.94. The molecule has 11 heteroatoms. The lowest BCUT2D eigenvalue weighted by molar-refractivity contribution is -0.184. The highest BCUT2D eigenvalue weighted by Gasteiger charge is 2.48. The van der Waals surface area contributed by atoms with Gasteiger partial charge < -0.3 is 15.2 Å². The number of hydrogen-bond donors (Lipinski definition) is 1. The van der Waals surface area contributed by atoms with Crippen LogP contribution >= 0.6 is 0 Å². The topological polar surface area (TPSA) is 90.8 Å². The molecule has 0 spiro atoms. The van der Waals surface area contributed by atoms with Gasteiger partial charge in [-0.1, -0.05) is 12.1 Å². The standard InChI is InChI=1S/C26H29F3N6O2/c1-16(36-3)14-37-19-7-4-17-5-8-20(31-21(17)12-19)24-33-32-22-9-6-18(13-35(22)24)23(26(27,28)29)34-11-10-25(2,30)15-34/h4-9,12-13,16,23H,10-11,14-15,30H2,1-3H3/t16?,23-,25?/m0/s1. The van der Waals surface area contributed by atoms with Crippen molar-refractivity contribution in [2.24, 2.45) is 5.73 Å². The molecule has 0 radical (unpaired) electrons. The van der Waals surface area contributed by atoms with Gasteiger partial charge in [0.25, 0.3) is 0 Å². The minimum Gasteiger partial charge on any atom is -0.491 e. The maximum atomic E-state index is 14.3. The molecule has 196 valence electrons. The molecule has 0 saturated carbocycles. The highest BCUT2D eigenvalue weighted by Crippen LogP contribution is 2.41. The highest BCUT2D eigenvalue weighted by atomic mass is 19.4. The highest BCUT2D eigenvalue weighted by molar-refractivity contribution is 5.82. The molecule has 3 aromatic heterocycles. The number of nitrogens with two attached hydrogens (primary N) is 1. The van der Waals surface area contributed by atoms with Crippen LogP contribution in [0.3, 0.4) is 0 Å². The number of likely N-dealkylation sites (tertiary alicyclic amines) is 1. The van der Waals surface area contributed by atoms with Crippen LogP contribution in [0.5, 0.6) is 5.75 Å². The van der Waals surface area contributed by atoms with Crippen LogP contribution < -0.4 is 10.5 Å². The second kappa shape index (κ2) is 9.55. The van der Waals surface area contributed by atoms with Crippen LogP contribution in [-0.4, -0.2) is 69.1 Å². The maximum absolute atomic E-state index is 14.3. The molecule has 1 saturated heterocycles. The largest absolute Gasteiger partial charge is 0.491 e. The fourth-order valence-corrected chi connectivity index (χ4v) is 4.68. The average Bonchev–Trinajstić information content (AvgIpc) is 3.43. The molecule has 5 rings (SSSR count). The number of aromatic nitrogens is 4. The third-order valence-electron chi connectivity index (χ3n) is 6.73. The smallest absolute Gasteiger partial charge is 0.408 e. The normalized spacial score (nSPS) is 20.5. The van der Waals surface area contributed by atoms with Gasteiger partial charge in [0.2, 0.25) is 0 Å². The van der Waals surface area contributed by atoms with Crippen molar-refractivity contribution in [3.05, 3.63) is 54.2 Å². The van der Waals surface area contributed by atoms with Crippen LogP contribution in [-0.2, 0) is 4.74 Å². The average molecular weight is 515 g/mol. The van der Waals surface area contributed by atoms with Crippen molar-refractivity contribution in [3.63, 3.8) is 0 Å². The summed E-state index contributed by atoms with van der Waals surface area (Å²) in [5.41, 5.74) is 7.16. The van der Waals surface area contributed by atoms with Crippen LogP contribution in [0.1, 0.15) is 31.9 Å². The summed E-state index contributed by atoms with van der Waals surface area (Å²) in [6, 6.07) is 10.4. The Morgan fingerprint density at radius 1 is 1.14 bits per heavy atom. The van der Waals surface area contributed by atoms with Gasteiger partial charge in [-0.3, -0.25) is 9.30 Å². The second-order valence-corrected chi connectivity index (χ2v) is 9.94. The molecule has 2 unspecified atom stereocenters. The van der Waals surface area contributed by atoms with Crippen molar-refractivity contribution >= 4 is 16.6 Å². The summed E-state index contributed by atoms with van der Waals surface area (Å²) in [6.07, 6.45) is -2.59. The zero-order valence-electron chi connectivity index (χ0n) is 20.9. The van der Waals surface area contributed by atoms with Crippen LogP contribution in [0.25, 0.3) is 28.1 Å². The summed E-state index contributed by atoms with van der Waals surface area (Å²) in [5.74, 6) is 0.990. The van der Waals surface area contributed by atoms with Crippen molar-refractivity contribution < 1.29 is 22.6 Å². The number of ether oxygens (including phenoxy) is 2. The lowest BCUT2D eigenvalue weighted by Gasteiger charge is -2.31. The minimum absolute atomic E-state index is 0.0637. The lowest BCUT2D eigenvalue weighted by atomic mass is 10.0. The predicted octanol–water partition coefficient (Wildman–Crippen LogP) is 4.38. The zero-order valence-corrected chi connectivity index (χ0v) is 20.9. The van der Waals surface area contributed by atoms with E-state index in [0.717, 1.165) is 5.39 Å². The molecule has 4 aromatic rings. The van der Waals surface area contributed by atoms with Gasteiger partial charge in [-0.15, -0.1) is 10.2 Å². The third-order valence-corrected chi connectivity index (χ3v) is 6.73. The fraction of sp³-hybridized carbons (Fsp3) is 0.423. The fourth-order valence-electron chi connectivity index (χ4n) is 4.68. The summed E-state index contributed by atoms with van der Waals surface area (Å²) in [5, 5.41) is 9.28. The van der Waals surface area contributed by atoms with E-state index in [1.54, 1.807) is 30.6 Å². The molecule has 4 heterocycles. The first-order valence-electron chi connectivity index (χ1n) is 12.1. The van der Waals surface area contributed by atoms with Gasteiger partial charge in [-0.05, 0) is 50.1 Å². The molecular weight excluding hydrogens is 485 g/mol. The monoisotopic (exact) mass is 514 g/mol. The summed E-state index contributed by atoms with van der Waals surface area (Å²) >= 11 is 0. The molecule has 1 aliphatic heterocycles. The molecule has 1 fully saturated rings. The first kappa shape index (κ1) is 25.4. The Kier molecular flexibility index (Phi) is 6.55. The SMILES string of the molecule is COC(C)COc1ccc2ccc(-c3nnc4ccc([C@H](N5CCC(C)(N)C5)C(F)(F)F)cn34)nc2c1. The molecule has 1 aromatic carbocycles. The van der Waals surface area contributed by atoms with Crippen LogP contribution in [0, 0.1) is 0 Å². The van der Waals surface area contributed by atoms with Gasteiger partial charge in [0, 0.05) is 43.4 Å². The first-order chi connectivity index (χ1) is 17.5. The zero-order chi connectivity index (χ0) is 26.4. The van der Waals surface area contributed by atoms with Gasteiger partial charge >= 0.3 is 6.18 Å². The maximum Gasteiger partial charge on any atom is 0.408 e. The molecule has 0 aliphatic carbocycles. The van der Waals surface area contributed by atoms with E-state index < -0.39 is 17.8 Å². The number of pyridine rings is 2. The Labute approximate surface area is 212 Å². The number of fused-ring (bicyclic) bond motifs is 2. The third kappa shape index (κ3) is 5.25. The van der Waals surface area contributed by atoms with Gasteiger partial charge in [0.05, 0.1) is 11.6 Å². The van der Waals surface area contributed by atoms with Crippen molar-refractivity contribution in [2.45, 2.75) is 44.1 Å². The Morgan fingerprint density at radius 3 is 2.62 bits per heavy atom. The Hall–Kier alpha value is -3.28. The molecule has 8 nitrogen and oxygen atoms in total. The molecule has 0 bridgehead atoms. The summed E-state index contributed by atoms with van der Waals surface area (Å²) in [7, 11) is 1.62. The van der Waals surface area contributed by atoms with E-state index in [-0.39, 0.29) is 24.8 Å². The number of rotatable bonds is 7. The lowest BCUT2D eigenvalue weighted by Crippen LogP contribution is -2.43. The van der Waals surface area contributed by atoms with E-state index in [1.807, 2.05) is 31.2 Å². The van der Waals surface area contributed by atoms with E-state index in [4.69, 9.17) is 20.2 Å². The number of benzene rings is 1. The molecule has 2 N–H and O–H groups in total. The van der Waals surface area contributed by atoms with E-state index in [0.29, 0.717) is 41.5 Å². The van der Waals surface area contributed by atoms with Crippen LogP contribution in [0.15, 0.2) is 48.7 Å². The predicted molar refractivity (Wildman–Crippen MR) is 133 cm³/mol. The van der Waals surface area contributed by atoms with Gasteiger partial charge in [-0.2, -0.15) is 13.2 Å². The van der Waals surface area contributed by atoms with E-state index in [1.165, 1.54) is 17.2 Å². The van der Waals surface area contributed by atoms with Crippen molar-refractivity contribution in [2.75, 3.05) is 26.8 Å². The molecule has 3 atom stereocenters. The molecule has 0 amide bonds. The Balaban J connectivity index is 1.51. The van der Waals surface area contributed by atoms with Gasteiger partial charge in [0.15, 0.2) is 11.5 Å². The summed E-state index contributed by atoms with van der Waals surface area (Å²) in [4.78, 5) is 6.11. The number of nitrogens with zero attached hydrogens (tertiary/aromatic N) is 5. The quantitative estimate of drug-likeness (QED) is 0.391. The van der Waals surface area contributed by atoms with E-state index in [9.17, 15) is 13.2 Å². The van der Waals surface area contributed by atoms with Crippen molar-refractivity contribution in [3.8, 4) is 17.3 Å². The van der Waals surface area contributed by atoms with E-state index in [2.05, 4.69) is 10.2 Å². The Bertz CT molecular complexity index is 1420. The van der Waals surface area contributed by atoms with E-state index >= 15 is 0 Å². The number of halogens is 3. The minimum atomic E-state index is -4.47. The van der Waals surface area contributed by atoms with Crippen molar-refractivity contribution in [1.82, 2.24) is 24.5 Å². The van der Waals surface area contributed by atoms with Crippen LogP contribution in [0.2, 0.25) is 0 Å². The van der Waals surface area contributed by atoms with Gasteiger partial charge in [0.1, 0.15) is 24.1 Å². The first-order valence-corrected chi connectivity index (χ1v) is 12.1.